The summed E-state index contributed by atoms with van der Waals surface area (Å²) in [6, 6.07) is 6.48. The van der Waals surface area contributed by atoms with Gasteiger partial charge in [-0.15, -0.1) is 11.3 Å². The van der Waals surface area contributed by atoms with Crippen molar-refractivity contribution in [3.05, 3.63) is 44.6 Å². The zero-order chi connectivity index (χ0) is 23.6. The molecule has 0 saturated carbocycles. The van der Waals surface area contributed by atoms with Gasteiger partial charge in [-0.2, -0.15) is 0 Å². The lowest BCUT2D eigenvalue weighted by molar-refractivity contribution is 0.0703. The number of aromatic carboxylic acids is 1. The number of hydrogen-bond donors (Lipinski definition) is 1. The highest BCUT2D eigenvalue weighted by Gasteiger charge is 2.40. The summed E-state index contributed by atoms with van der Waals surface area (Å²) in [4.78, 5) is 12.8. The van der Waals surface area contributed by atoms with Gasteiger partial charge in [-0.25, -0.2) is 4.79 Å². The molecule has 2 aromatic rings. The number of carbonyl (C=O) groups is 1. The molecule has 1 unspecified atom stereocenters. The second kappa shape index (κ2) is 9.79. The van der Waals surface area contributed by atoms with Gasteiger partial charge in [0, 0.05) is 16.5 Å². The van der Waals surface area contributed by atoms with Gasteiger partial charge in [0.1, 0.15) is 4.88 Å². The molecule has 0 aliphatic heterocycles. The van der Waals surface area contributed by atoms with Crippen LogP contribution in [0.15, 0.2) is 24.3 Å². The number of carboxylic acids is 1. The molecule has 0 fully saturated rings. The summed E-state index contributed by atoms with van der Waals surface area (Å²) in [6.45, 7) is 13.5. The van der Waals surface area contributed by atoms with Crippen LogP contribution in [0.2, 0.25) is 5.02 Å². The minimum Gasteiger partial charge on any atom is -0.477 e. The van der Waals surface area contributed by atoms with E-state index in [2.05, 4.69) is 11.8 Å². The number of carboxylic acid groups (broad SMARTS) is 1. The Morgan fingerprint density at radius 2 is 1.97 bits per heavy atom. The van der Waals surface area contributed by atoms with E-state index in [-0.39, 0.29) is 22.9 Å². The maximum absolute atomic E-state index is 14.4. The van der Waals surface area contributed by atoms with Crippen molar-refractivity contribution >= 4 is 47.4 Å². The smallest absolute Gasteiger partial charge is 0.348 e. The largest absolute Gasteiger partial charge is 0.477 e. The van der Waals surface area contributed by atoms with Gasteiger partial charge in [-0.3, -0.25) is 9.24 Å². The topological polar surface area (TPSA) is 66.8 Å². The van der Waals surface area contributed by atoms with E-state index in [1.165, 1.54) is 0 Å². The van der Waals surface area contributed by atoms with Crippen molar-refractivity contribution in [3.8, 4) is 11.8 Å². The highest BCUT2D eigenvalue weighted by atomic mass is 35.5. The predicted octanol–water partition coefficient (Wildman–Crippen LogP) is 6.58. The lowest BCUT2D eigenvalue weighted by Gasteiger charge is -2.36. The molecular weight excluding hydrogens is 453 g/mol. The molecular formula is C23H29ClNO4PS. The minimum atomic E-state index is -3.65. The van der Waals surface area contributed by atoms with Crippen LogP contribution >= 0.6 is 30.5 Å². The van der Waals surface area contributed by atoms with Crippen molar-refractivity contribution in [3.63, 3.8) is 0 Å². The van der Waals surface area contributed by atoms with Gasteiger partial charge in [-0.05, 0) is 78.3 Å². The fraction of sp³-hybridized carbons (Fsp3) is 0.435. The highest BCUT2D eigenvalue weighted by molar-refractivity contribution is 7.68. The molecule has 0 radical (unpaired) electrons. The zero-order valence-electron chi connectivity index (χ0n) is 18.9. The van der Waals surface area contributed by atoms with E-state index in [0.29, 0.717) is 20.9 Å². The third-order valence-electron chi connectivity index (χ3n) is 4.25. The lowest BCUT2D eigenvalue weighted by Crippen LogP contribution is -2.34. The number of nitrogens with zero attached hydrogens (tertiary/aromatic N) is 1. The molecule has 0 saturated heterocycles. The van der Waals surface area contributed by atoms with Crippen LogP contribution in [0, 0.1) is 24.2 Å². The number of thiophene rings is 1. The first-order chi connectivity index (χ1) is 14.3. The Balaban J connectivity index is 2.77. The van der Waals surface area contributed by atoms with Crippen LogP contribution in [0.3, 0.4) is 0 Å². The molecule has 0 aliphatic carbocycles. The summed E-state index contributed by atoms with van der Waals surface area (Å²) in [5, 5.41) is 10.9. The molecule has 1 heterocycles. The first kappa shape index (κ1) is 25.5. The van der Waals surface area contributed by atoms with E-state index in [1.54, 1.807) is 35.9 Å². The average Bonchev–Trinajstić information content (AvgIpc) is 3.03. The zero-order valence-corrected chi connectivity index (χ0v) is 21.4. The third-order valence-corrected chi connectivity index (χ3v) is 8.48. The maximum atomic E-state index is 14.4. The number of hydrogen-bond acceptors (Lipinski definition) is 4. The van der Waals surface area contributed by atoms with Gasteiger partial charge in [0.15, 0.2) is 0 Å². The summed E-state index contributed by atoms with van der Waals surface area (Å²) in [5.41, 5.74) is 0.832. The maximum Gasteiger partial charge on any atom is 0.348 e. The van der Waals surface area contributed by atoms with Crippen LogP contribution in [0.4, 0.5) is 5.69 Å². The molecule has 1 aromatic carbocycles. The molecule has 31 heavy (non-hydrogen) atoms. The second-order valence-corrected chi connectivity index (χ2v) is 12.1. The van der Waals surface area contributed by atoms with Crippen LogP contribution in [0.5, 0.6) is 0 Å². The van der Waals surface area contributed by atoms with Crippen molar-refractivity contribution in [1.82, 2.24) is 0 Å². The first-order valence-electron chi connectivity index (χ1n) is 10.0. The van der Waals surface area contributed by atoms with Gasteiger partial charge in [0.25, 0.3) is 0 Å². The molecule has 8 heteroatoms. The predicted molar refractivity (Wildman–Crippen MR) is 130 cm³/mol. The van der Waals surface area contributed by atoms with Gasteiger partial charge >= 0.3 is 13.5 Å². The molecule has 2 rings (SSSR count). The quantitative estimate of drug-likeness (QED) is 0.357. The fourth-order valence-electron chi connectivity index (χ4n) is 3.10. The normalized spacial score (nSPS) is 13.5. The van der Waals surface area contributed by atoms with E-state index in [4.69, 9.17) is 16.1 Å². The van der Waals surface area contributed by atoms with Crippen molar-refractivity contribution in [2.24, 2.45) is 5.41 Å². The number of aryl methyl sites for hydroxylation is 1. The van der Waals surface area contributed by atoms with Crippen LogP contribution in [-0.4, -0.2) is 23.7 Å². The summed E-state index contributed by atoms with van der Waals surface area (Å²) < 4.78 is 21.9. The Kier molecular flexibility index (Phi) is 8.05. The van der Waals surface area contributed by atoms with Gasteiger partial charge in [0.05, 0.1) is 22.5 Å². The van der Waals surface area contributed by atoms with Crippen molar-refractivity contribution in [1.29, 1.82) is 0 Å². The summed E-state index contributed by atoms with van der Waals surface area (Å²) in [6.07, 6.45) is 0. The molecule has 0 amide bonds. The van der Waals surface area contributed by atoms with Gasteiger partial charge < -0.3 is 9.63 Å². The van der Waals surface area contributed by atoms with Gasteiger partial charge in [0.2, 0.25) is 0 Å². The average molecular weight is 482 g/mol. The van der Waals surface area contributed by atoms with Crippen molar-refractivity contribution in [2.45, 2.75) is 54.5 Å². The van der Waals surface area contributed by atoms with Gasteiger partial charge in [-0.1, -0.05) is 23.4 Å². The van der Waals surface area contributed by atoms with Crippen LogP contribution < -0.4 is 9.97 Å². The monoisotopic (exact) mass is 481 g/mol. The minimum absolute atomic E-state index is 0.0819. The number of anilines is 1. The van der Waals surface area contributed by atoms with Crippen molar-refractivity contribution < 1.29 is 19.0 Å². The lowest BCUT2D eigenvalue weighted by atomic mass is 9.98. The summed E-state index contributed by atoms with van der Waals surface area (Å²) in [7, 11) is -3.65. The summed E-state index contributed by atoms with van der Waals surface area (Å²) in [5.74, 6) is 5.11. The van der Waals surface area contributed by atoms with Crippen LogP contribution in [0.1, 0.15) is 61.7 Å². The Labute approximate surface area is 193 Å². The molecule has 1 aromatic heterocycles. The molecule has 1 atom stereocenters. The Hall–Kier alpha value is -1.77. The standard InChI is InChI=1S/C23H29ClNO4PS/c1-8-29-30(28,20-10-9-17(24)13-16(20)4)25(15(2)3)19-14-18(11-12-23(5,6)7)31-21(19)22(26)27/h9-10,13-15H,8H2,1-7H3,(H,26,27). The van der Waals surface area contributed by atoms with E-state index in [0.717, 1.165) is 16.9 Å². The molecule has 1 N–H and O–H groups in total. The molecule has 0 spiro atoms. The number of benzene rings is 1. The Morgan fingerprint density at radius 3 is 2.45 bits per heavy atom. The van der Waals surface area contributed by atoms with E-state index >= 15 is 0 Å². The molecule has 168 valence electrons. The number of halogens is 1. The SMILES string of the molecule is CCOP(=O)(c1ccc(Cl)cc1C)N(c1cc(C#CC(C)(C)C)sc1C(=O)O)C(C)C. The van der Waals surface area contributed by atoms with Crippen LogP contribution in [0.25, 0.3) is 0 Å². The molecule has 5 nitrogen and oxygen atoms in total. The fourth-order valence-corrected chi connectivity index (χ4v) is 6.90. The van der Waals surface area contributed by atoms with E-state index in [1.807, 2.05) is 41.5 Å². The van der Waals surface area contributed by atoms with Crippen LogP contribution in [-0.2, 0) is 9.09 Å². The number of rotatable bonds is 7. The molecule has 0 bridgehead atoms. The van der Waals surface area contributed by atoms with Crippen molar-refractivity contribution in [2.75, 3.05) is 11.3 Å². The Bertz CT molecular complexity index is 1080. The Morgan fingerprint density at radius 1 is 1.32 bits per heavy atom. The third kappa shape index (κ3) is 5.93. The highest BCUT2D eigenvalue weighted by Crippen LogP contribution is 2.55. The summed E-state index contributed by atoms with van der Waals surface area (Å²) >= 11 is 7.19. The molecule has 0 aliphatic rings. The van der Waals surface area contributed by atoms with E-state index in [9.17, 15) is 14.5 Å². The van der Waals surface area contributed by atoms with E-state index < -0.39 is 13.5 Å². The first-order valence-corrected chi connectivity index (χ1v) is 12.8. The second-order valence-electron chi connectivity index (χ2n) is 8.44.